The van der Waals surface area contributed by atoms with Crippen molar-refractivity contribution in [3.63, 3.8) is 0 Å². The molecule has 0 aliphatic carbocycles. The molecule has 0 fully saturated rings. The number of methoxy groups -OCH3 is 1. The van der Waals surface area contributed by atoms with Gasteiger partial charge in [0.2, 0.25) is 0 Å². The van der Waals surface area contributed by atoms with E-state index in [1.807, 2.05) is 0 Å². The van der Waals surface area contributed by atoms with Crippen LogP contribution in [-0.2, 0) is 0 Å². The van der Waals surface area contributed by atoms with Crippen LogP contribution >= 0.6 is 28.1 Å². The molecule has 0 saturated carbocycles. The fourth-order valence-corrected chi connectivity index (χ4v) is 2.43. The van der Waals surface area contributed by atoms with Crippen molar-refractivity contribution in [3.05, 3.63) is 62.6 Å². The predicted molar refractivity (Wildman–Crippen MR) is 97.5 cm³/mol. The van der Waals surface area contributed by atoms with Crippen LogP contribution in [0, 0.1) is 10.1 Å². The number of nitro benzene ring substituents is 1. The van der Waals surface area contributed by atoms with Crippen molar-refractivity contribution in [3.8, 4) is 5.75 Å². The second-order valence-electron chi connectivity index (χ2n) is 4.56. The fourth-order valence-electron chi connectivity index (χ4n) is 1.86. The molecule has 0 aliphatic heterocycles. The lowest BCUT2D eigenvalue weighted by Crippen LogP contribution is -2.34. The van der Waals surface area contributed by atoms with Crippen molar-refractivity contribution in [2.24, 2.45) is 0 Å². The molecule has 9 heteroatoms. The molecule has 0 aliphatic rings. The summed E-state index contributed by atoms with van der Waals surface area (Å²) in [7, 11) is 1.47. The molecule has 0 radical (unpaired) electrons. The van der Waals surface area contributed by atoms with Crippen molar-refractivity contribution in [1.29, 1.82) is 0 Å². The zero-order valence-electron chi connectivity index (χ0n) is 12.4. The number of rotatable bonds is 4. The van der Waals surface area contributed by atoms with Gasteiger partial charge >= 0.3 is 0 Å². The van der Waals surface area contributed by atoms with E-state index in [-0.39, 0.29) is 10.8 Å². The average molecular weight is 410 g/mol. The van der Waals surface area contributed by atoms with Gasteiger partial charge in [-0.3, -0.25) is 20.2 Å². The normalized spacial score (nSPS) is 9.92. The third-order valence-electron chi connectivity index (χ3n) is 2.97. The number of nitrogens with zero attached hydrogens (tertiary/aromatic N) is 1. The van der Waals surface area contributed by atoms with Crippen LogP contribution in [0.5, 0.6) is 5.75 Å². The molecule has 2 N–H and O–H groups in total. The molecule has 0 heterocycles. The molecule has 0 atom stereocenters. The lowest BCUT2D eigenvalue weighted by molar-refractivity contribution is -0.384. The molecule has 0 aromatic heterocycles. The van der Waals surface area contributed by atoms with Crippen LogP contribution in [0.25, 0.3) is 0 Å². The van der Waals surface area contributed by atoms with Gasteiger partial charge in [0.1, 0.15) is 5.75 Å². The minimum Gasteiger partial charge on any atom is -0.496 e. The zero-order valence-corrected chi connectivity index (χ0v) is 14.8. The van der Waals surface area contributed by atoms with Crippen LogP contribution in [0.2, 0.25) is 0 Å². The van der Waals surface area contributed by atoms with E-state index in [2.05, 4.69) is 26.6 Å². The second-order valence-corrected chi connectivity index (χ2v) is 5.88. The Kier molecular flexibility index (Phi) is 5.83. The first kappa shape index (κ1) is 17.8. The molecule has 2 aromatic carbocycles. The Morgan fingerprint density at radius 1 is 1.25 bits per heavy atom. The molecule has 0 spiro atoms. The van der Waals surface area contributed by atoms with Gasteiger partial charge in [0.15, 0.2) is 5.11 Å². The Balaban J connectivity index is 2.05. The van der Waals surface area contributed by atoms with Gasteiger partial charge in [-0.25, -0.2) is 0 Å². The number of benzene rings is 2. The number of hydrogen-bond donors (Lipinski definition) is 2. The monoisotopic (exact) mass is 409 g/mol. The Morgan fingerprint density at radius 2 is 1.92 bits per heavy atom. The Hall–Kier alpha value is -2.52. The maximum atomic E-state index is 12.3. The molecular weight excluding hydrogens is 398 g/mol. The predicted octanol–water partition coefficient (Wildman–Crippen LogP) is 3.49. The number of ether oxygens (including phenoxy) is 1. The van der Waals surface area contributed by atoms with Crippen LogP contribution in [0.4, 0.5) is 11.4 Å². The highest BCUT2D eigenvalue weighted by Gasteiger charge is 2.14. The fraction of sp³-hybridized carbons (Fsp3) is 0.0667. The standard InChI is InChI=1S/C15H12BrN3O4S/c1-23-13-7-2-9(16)8-12(13)14(20)18-15(24)17-10-3-5-11(6-4-10)19(21)22/h2-8H,1H3,(H2,17,18,20,24). The average Bonchev–Trinajstić information content (AvgIpc) is 2.55. The first-order valence-corrected chi connectivity index (χ1v) is 7.81. The molecule has 0 unspecified atom stereocenters. The van der Waals surface area contributed by atoms with Crippen LogP contribution in [0.1, 0.15) is 10.4 Å². The lowest BCUT2D eigenvalue weighted by atomic mass is 10.2. The van der Waals surface area contributed by atoms with Gasteiger partial charge < -0.3 is 10.1 Å². The van der Waals surface area contributed by atoms with E-state index < -0.39 is 10.8 Å². The van der Waals surface area contributed by atoms with E-state index in [0.717, 1.165) is 4.47 Å². The summed E-state index contributed by atoms with van der Waals surface area (Å²) < 4.78 is 5.87. The third kappa shape index (κ3) is 4.49. The Labute approximate surface area is 151 Å². The van der Waals surface area contributed by atoms with Crippen molar-refractivity contribution in [2.45, 2.75) is 0 Å². The minimum absolute atomic E-state index is 0.0330. The zero-order chi connectivity index (χ0) is 17.7. The van der Waals surface area contributed by atoms with Crippen LogP contribution in [0.3, 0.4) is 0 Å². The third-order valence-corrected chi connectivity index (χ3v) is 3.67. The van der Waals surface area contributed by atoms with Gasteiger partial charge in [-0.15, -0.1) is 0 Å². The molecular formula is C15H12BrN3O4S. The van der Waals surface area contributed by atoms with E-state index in [9.17, 15) is 14.9 Å². The molecule has 0 saturated heterocycles. The Bertz CT molecular complexity index is 796. The molecule has 0 bridgehead atoms. The largest absolute Gasteiger partial charge is 0.496 e. The molecule has 1 amide bonds. The summed E-state index contributed by atoms with van der Waals surface area (Å²) in [6.07, 6.45) is 0. The summed E-state index contributed by atoms with van der Waals surface area (Å²) in [4.78, 5) is 22.4. The van der Waals surface area contributed by atoms with Gasteiger partial charge in [-0.1, -0.05) is 15.9 Å². The molecule has 124 valence electrons. The number of carbonyl (C=O) groups excluding carboxylic acids is 1. The van der Waals surface area contributed by atoms with Gasteiger partial charge in [-0.2, -0.15) is 0 Å². The van der Waals surface area contributed by atoms with Crippen LogP contribution in [-0.4, -0.2) is 23.1 Å². The second kappa shape index (κ2) is 7.84. The van der Waals surface area contributed by atoms with Gasteiger partial charge in [-0.05, 0) is 42.5 Å². The number of nitro groups is 1. The van der Waals surface area contributed by atoms with E-state index in [1.54, 1.807) is 18.2 Å². The van der Waals surface area contributed by atoms with Crippen LogP contribution < -0.4 is 15.4 Å². The highest BCUT2D eigenvalue weighted by Crippen LogP contribution is 2.23. The summed E-state index contributed by atoms with van der Waals surface area (Å²) in [5, 5.41) is 16.0. The maximum absolute atomic E-state index is 12.3. The van der Waals surface area contributed by atoms with E-state index >= 15 is 0 Å². The summed E-state index contributed by atoms with van der Waals surface area (Å²) in [6.45, 7) is 0. The van der Waals surface area contributed by atoms with Gasteiger partial charge in [0.25, 0.3) is 11.6 Å². The minimum atomic E-state index is -0.497. The van der Waals surface area contributed by atoms with E-state index in [4.69, 9.17) is 17.0 Å². The number of thiocarbonyl (C=S) groups is 1. The highest BCUT2D eigenvalue weighted by atomic mass is 79.9. The van der Waals surface area contributed by atoms with Crippen LogP contribution in [0.15, 0.2) is 46.9 Å². The molecule has 24 heavy (non-hydrogen) atoms. The quantitative estimate of drug-likeness (QED) is 0.455. The SMILES string of the molecule is COc1ccc(Br)cc1C(=O)NC(=S)Nc1ccc([N+](=O)[O-])cc1. The van der Waals surface area contributed by atoms with E-state index in [0.29, 0.717) is 17.0 Å². The highest BCUT2D eigenvalue weighted by molar-refractivity contribution is 9.10. The van der Waals surface area contributed by atoms with E-state index in [1.165, 1.54) is 31.4 Å². The number of anilines is 1. The first-order chi connectivity index (χ1) is 11.4. The maximum Gasteiger partial charge on any atom is 0.269 e. The summed E-state index contributed by atoms with van der Waals surface area (Å²) in [6, 6.07) is 10.7. The number of carbonyl (C=O) groups is 1. The lowest BCUT2D eigenvalue weighted by Gasteiger charge is -2.12. The molecule has 2 aromatic rings. The van der Waals surface area contributed by atoms with Crippen molar-refractivity contribution < 1.29 is 14.5 Å². The first-order valence-electron chi connectivity index (χ1n) is 6.61. The Morgan fingerprint density at radius 3 is 2.50 bits per heavy atom. The summed E-state index contributed by atoms with van der Waals surface area (Å²) in [5.74, 6) is -0.0265. The number of nitrogens with one attached hydrogen (secondary N) is 2. The smallest absolute Gasteiger partial charge is 0.269 e. The van der Waals surface area contributed by atoms with Gasteiger partial charge in [0, 0.05) is 22.3 Å². The van der Waals surface area contributed by atoms with Crippen molar-refractivity contribution in [2.75, 3.05) is 12.4 Å². The summed E-state index contributed by atoms with van der Waals surface area (Å²) in [5.41, 5.74) is 0.807. The topological polar surface area (TPSA) is 93.5 Å². The summed E-state index contributed by atoms with van der Waals surface area (Å²) >= 11 is 8.37. The number of amides is 1. The van der Waals surface area contributed by atoms with Gasteiger partial charge in [0.05, 0.1) is 17.6 Å². The molecule has 2 rings (SSSR count). The van der Waals surface area contributed by atoms with Crippen molar-refractivity contribution in [1.82, 2.24) is 5.32 Å². The molecule has 7 nitrogen and oxygen atoms in total. The van der Waals surface area contributed by atoms with Crippen molar-refractivity contribution >= 4 is 50.5 Å². The number of hydrogen-bond acceptors (Lipinski definition) is 5. The number of non-ortho nitro benzene ring substituents is 1. The number of halogens is 1.